The van der Waals surface area contributed by atoms with Crippen LogP contribution in [0.5, 0.6) is 0 Å². The standard InChI is InChI=1S/C39H43N3O3S/c1-29-37(44-26-31-14-7-3-8-15-31)38(45-27-32-16-9-4-10-17-32)36(43-25-30-12-5-2-6-13-30)24-42(29)23-33-20-21-41(22-33)35-19-11-18-34-39(35)46-28-40-34/h2-19,28-29,33,36-38H,20-27H2,1H3/t29-,33+,36+,37-,38-/m1/s1. The Morgan fingerprint density at radius 1 is 0.696 bits per heavy atom. The number of likely N-dealkylation sites (tertiary alicyclic amines) is 1. The van der Waals surface area contributed by atoms with E-state index in [4.69, 9.17) is 14.2 Å². The molecule has 1 aromatic heterocycles. The first-order valence-corrected chi connectivity index (χ1v) is 17.4. The van der Waals surface area contributed by atoms with Crippen LogP contribution in [0.1, 0.15) is 30.0 Å². The van der Waals surface area contributed by atoms with Gasteiger partial charge in [-0.1, -0.05) is 97.1 Å². The summed E-state index contributed by atoms with van der Waals surface area (Å²) in [4.78, 5) is 9.71. The normalized spacial score (nSPS) is 23.7. The van der Waals surface area contributed by atoms with Crippen molar-refractivity contribution in [2.75, 3.05) is 31.1 Å². The van der Waals surface area contributed by atoms with Crippen molar-refractivity contribution in [3.05, 3.63) is 131 Å². The molecule has 0 unspecified atom stereocenters. The van der Waals surface area contributed by atoms with Crippen molar-refractivity contribution in [3.63, 3.8) is 0 Å². The fourth-order valence-electron chi connectivity index (χ4n) is 6.98. The Labute approximate surface area is 276 Å². The van der Waals surface area contributed by atoms with Crippen molar-refractivity contribution in [1.29, 1.82) is 0 Å². The molecule has 0 amide bonds. The maximum absolute atomic E-state index is 6.83. The lowest BCUT2D eigenvalue weighted by Gasteiger charge is -2.48. The predicted octanol–water partition coefficient (Wildman–Crippen LogP) is 7.58. The van der Waals surface area contributed by atoms with E-state index in [1.807, 2.05) is 23.7 Å². The number of hydrogen-bond donors (Lipinski definition) is 0. The molecule has 2 saturated heterocycles. The average molecular weight is 634 g/mol. The van der Waals surface area contributed by atoms with Gasteiger partial charge in [0.2, 0.25) is 0 Å². The molecule has 0 spiro atoms. The van der Waals surface area contributed by atoms with Gasteiger partial charge in [-0.15, -0.1) is 11.3 Å². The Morgan fingerprint density at radius 3 is 1.96 bits per heavy atom. The monoisotopic (exact) mass is 633 g/mol. The highest BCUT2D eigenvalue weighted by molar-refractivity contribution is 7.17. The van der Waals surface area contributed by atoms with Gasteiger partial charge in [0.25, 0.3) is 0 Å². The first-order chi connectivity index (χ1) is 22.7. The molecule has 0 radical (unpaired) electrons. The van der Waals surface area contributed by atoms with Gasteiger partial charge in [-0.3, -0.25) is 4.90 Å². The Morgan fingerprint density at radius 2 is 1.30 bits per heavy atom. The maximum atomic E-state index is 6.83. The van der Waals surface area contributed by atoms with E-state index in [9.17, 15) is 0 Å². The molecule has 2 fully saturated rings. The highest BCUT2D eigenvalue weighted by Crippen LogP contribution is 2.35. The smallest absolute Gasteiger partial charge is 0.113 e. The quantitative estimate of drug-likeness (QED) is 0.141. The molecule has 2 aliphatic rings. The van der Waals surface area contributed by atoms with Crippen molar-refractivity contribution in [1.82, 2.24) is 9.88 Å². The van der Waals surface area contributed by atoms with E-state index in [0.29, 0.717) is 25.7 Å². The summed E-state index contributed by atoms with van der Waals surface area (Å²) in [6.07, 6.45) is 0.673. The maximum Gasteiger partial charge on any atom is 0.113 e. The molecule has 5 atom stereocenters. The van der Waals surface area contributed by atoms with Crippen LogP contribution in [0.4, 0.5) is 5.69 Å². The van der Waals surface area contributed by atoms with Crippen molar-refractivity contribution < 1.29 is 14.2 Å². The molecule has 0 aliphatic carbocycles. The van der Waals surface area contributed by atoms with Crippen LogP contribution in [0.3, 0.4) is 0 Å². The molecule has 2 aliphatic heterocycles. The molecule has 0 saturated carbocycles. The number of thiazole rings is 1. The molecule has 7 rings (SSSR count). The SMILES string of the molecule is C[C@@H]1[C@@H](OCc2ccccc2)[C@H](OCc2ccccc2)[C@@H](OCc2ccccc2)CN1C[C@H]1CCN(c2cccc3ncsc23)C1. The second-order valence-corrected chi connectivity index (χ2v) is 13.5. The minimum absolute atomic E-state index is 0.135. The summed E-state index contributed by atoms with van der Waals surface area (Å²) in [6, 6.07) is 38.0. The fraction of sp³-hybridized carbons (Fsp3) is 0.359. The van der Waals surface area contributed by atoms with Crippen LogP contribution in [0, 0.1) is 5.92 Å². The Hall–Kier alpha value is -3.59. The molecule has 3 heterocycles. The summed E-state index contributed by atoms with van der Waals surface area (Å²) in [6.45, 7) is 7.82. The van der Waals surface area contributed by atoms with Gasteiger partial charge in [0.1, 0.15) is 12.2 Å². The number of rotatable bonds is 12. The number of aromatic nitrogens is 1. The lowest BCUT2D eigenvalue weighted by molar-refractivity contribution is -0.201. The molecule has 4 aromatic carbocycles. The van der Waals surface area contributed by atoms with E-state index in [2.05, 4.69) is 113 Å². The first-order valence-electron chi connectivity index (χ1n) is 16.5. The number of ether oxygens (including phenoxy) is 3. The van der Waals surface area contributed by atoms with E-state index < -0.39 is 0 Å². The Bertz CT molecular complexity index is 1650. The average Bonchev–Trinajstić information content (AvgIpc) is 3.79. The van der Waals surface area contributed by atoms with Crippen LogP contribution >= 0.6 is 11.3 Å². The molecule has 0 bridgehead atoms. The number of anilines is 1. The summed E-state index contributed by atoms with van der Waals surface area (Å²) in [5, 5.41) is 0. The largest absolute Gasteiger partial charge is 0.370 e. The summed E-state index contributed by atoms with van der Waals surface area (Å²) in [5.74, 6) is 0.553. The van der Waals surface area contributed by atoms with Crippen LogP contribution < -0.4 is 4.90 Å². The third kappa shape index (κ3) is 7.35. The van der Waals surface area contributed by atoms with Gasteiger partial charge in [-0.05, 0) is 48.1 Å². The van der Waals surface area contributed by atoms with Gasteiger partial charge in [0, 0.05) is 32.2 Å². The third-order valence-electron chi connectivity index (χ3n) is 9.49. The molecule has 5 aromatic rings. The van der Waals surface area contributed by atoms with Gasteiger partial charge in [0.15, 0.2) is 0 Å². The van der Waals surface area contributed by atoms with Gasteiger partial charge < -0.3 is 19.1 Å². The van der Waals surface area contributed by atoms with Crippen LogP contribution in [0.15, 0.2) is 115 Å². The van der Waals surface area contributed by atoms with Gasteiger partial charge in [-0.25, -0.2) is 4.98 Å². The Kier molecular flexibility index (Phi) is 10.0. The van der Waals surface area contributed by atoms with Crippen LogP contribution in [-0.4, -0.2) is 60.4 Å². The van der Waals surface area contributed by atoms with Crippen LogP contribution in [-0.2, 0) is 34.0 Å². The molecule has 238 valence electrons. The van der Waals surface area contributed by atoms with E-state index in [1.54, 1.807) is 11.3 Å². The minimum Gasteiger partial charge on any atom is -0.370 e. The zero-order chi connectivity index (χ0) is 31.1. The lowest BCUT2D eigenvalue weighted by Crippen LogP contribution is -2.63. The van der Waals surface area contributed by atoms with Crippen LogP contribution in [0.2, 0.25) is 0 Å². The van der Waals surface area contributed by atoms with Crippen molar-refractivity contribution in [3.8, 4) is 0 Å². The fourth-order valence-corrected chi connectivity index (χ4v) is 7.81. The number of fused-ring (bicyclic) bond motifs is 1. The molecular formula is C39H43N3O3S. The lowest BCUT2D eigenvalue weighted by atomic mass is 9.92. The molecule has 6 nitrogen and oxygen atoms in total. The highest BCUT2D eigenvalue weighted by atomic mass is 32.1. The summed E-state index contributed by atoms with van der Waals surface area (Å²) in [5.41, 5.74) is 7.85. The topological polar surface area (TPSA) is 47.1 Å². The second kappa shape index (κ2) is 14.9. The molecular weight excluding hydrogens is 591 g/mol. The van der Waals surface area contributed by atoms with E-state index in [1.165, 1.54) is 21.5 Å². The third-order valence-corrected chi connectivity index (χ3v) is 10.4. The number of piperidine rings is 1. The number of benzene rings is 4. The molecule has 46 heavy (non-hydrogen) atoms. The van der Waals surface area contributed by atoms with E-state index >= 15 is 0 Å². The van der Waals surface area contributed by atoms with Gasteiger partial charge in [-0.2, -0.15) is 0 Å². The second-order valence-electron chi connectivity index (χ2n) is 12.6. The minimum atomic E-state index is -0.206. The van der Waals surface area contributed by atoms with Crippen molar-refractivity contribution >= 4 is 27.2 Å². The molecule has 7 heteroatoms. The first kappa shape index (κ1) is 31.0. The predicted molar refractivity (Wildman–Crippen MR) is 186 cm³/mol. The zero-order valence-corrected chi connectivity index (χ0v) is 27.3. The summed E-state index contributed by atoms with van der Waals surface area (Å²) >= 11 is 1.74. The van der Waals surface area contributed by atoms with Crippen molar-refractivity contribution in [2.45, 2.75) is 57.5 Å². The summed E-state index contributed by atoms with van der Waals surface area (Å²) in [7, 11) is 0. The molecule has 0 N–H and O–H groups in total. The summed E-state index contributed by atoms with van der Waals surface area (Å²) < 4.78 is 21.7. The highest BCUT2D eigenvalue weighted by Gasteiger charge is 2.45. The van der Waals surface area contributed by atoms with Gasteiger partial charge in [0.05, 0.1) is 47.3 Å². The zero-order valence-electron chi connectivity index (χ0n) is 26.5. The van der Waals surface area contributed by atoms with E-state index in [0.717, 1.165) is 43.7 Å². The van der Waals surface area contributed by atoms with Crippen molar-refractivity contribution in [2.24, 2.45) is 5.92 Å². The number of nitrogens with zero attached hydrogens (tertiary/aromatic N) is 3. The Balaban J connectivity index is 1.11. The number of hydrogen-bond acceptors (Lipinski definition) is 7. The van der Waals surface area contributed by atoms with Gasteiger partial charge >= 0.3 is 0 Å². The van der Waals surface area contributed by atoms with Crippen LogP contribution in [0.25, 0.3) is 10.2 Å². The van der Waals surface area contributed by atoms with E-state index in [-0.39, 0.29) is 24.4 Å².